The molecule has 5 rings (SSSR count). The lowest BCUT2D eigenvalue weighted by Crippen LogP contribution is -2.15. The minimum absolute atomic E-state index is 0.316. The SMILES string of the molecule is CCOC(=O)c1c(-c2ccccc2)c2c(n1Cc1ccccc1)-c1ccccc1OC2. The molecule has 4 aromatic rings. The molecule has 4 nitrogen and oxygen atoms in total. The van der Waals surface area contributed by atoms with Crippen molar-refractivity contribution in [3.63, 3.8) is 0 Å². The Kier molecular flexibility index (Phi) is 5.04. The van der Waals surface area contributed by atoms with Crippen LogP contribution in [0.1, 0.15) is 28.5 Å². The van der Waals surface area contributed by atoms with Gasteiger partial charge in [-0.15, -0.1) is 0 Å². The molecule has 31 heavy (non-hydrogen) atoms. The number of carbonyl (C=O) groups is 1. The number of benzene rings is 3. The number of esters is 1. The topological polar surface area (TPSA) is 40.5 Å². The third kappa shape index (κ3) is 3.40. The lowest BCUT2D eigenvalue weighted by atomic mass is 9.96. The van der Waals surface area contributed by atoms with Crippen LogP contribution in [-0.2, 0) is 17.9 Å². The van der Waals surface area contributed by atoms with E-state index in [0.29, 0.717) is 25.5 Å². The van der Waals surface area contributed by atoms with Crippen LogP contribution in [0.3, 0.4) is 0 Å². The van der Waals surface area contributed by atoms with E-state index in [-0.39, 0.29) is 5.97 Å². The maximum atomic E-state index is 13.3. The molecule has 0 saturated carbocycles. The fraction of sp³-hybridized carbons (Fsp3) is 0.148. The van der Waals surface area contributed by atoms with Crippen molar-refractivity contribution in [1.82, 2.24) is 4.57 Å². The maximum absolute atomic E-state index is 13.3. The van der Waals surface area contributed by atoms with Gasteiger partial charge in [0.2, 0.25) is 0 Å². The highest BCUT2D eigenvalue weighted by atomic mass is 16.5. The van der Waals surface area contributed by atoms with Crippen LogP contribution in [0.4, 0.5) is 0 Å². The molecule has 0 saturated heterocycles. The second-order valence-electron chi connectivity index (χ2n) is 7.49. The molecule has 1 aliphatic rings. The molecule has 1 aromatic heterocycles. The van der Waals surface area contributed by atoms with Gasteiger partial charge in [0.15, 0.2) is 0 Å². The smallest absolute Gasteiger partial charge is 0.355 e. The zero-order valence-corrected chi connectivity index (χ0v) is 17.4. The molecule has 0 atom stereocenters. The van der Waals surface area contributed by atoms with Crippen molar-refractivity contribution < 1.29 is 14.3 Å². The normalized spacial score (nSPS) is 11.9. The molecule has 1 aliphatic heterocycles. The van der Waals surface area contributed by atoms with Gasteiger partial charge in [-0.2, -0.15) is 0 Å². The molecular weight excluding hydrogens is 386 g/mol. The van der Waals surface area contributed by atoms with Gasteiger partial charge < -0.3 is 14.0 Å². The summed E-state index contributed by atoms with van der Waals surface area (Å²) in [6.45, 7) is 3.13. The van der Waals surface area contributed by atoms with Gasteiger partial charge in [0.05, 0.1) is 12.3 Å². The van der Waals surface area contributed by atoms with Gasteiger partial charge in [-0.05, 0) is 30.2 Å². The van der Waals surface area contributed by atoms with Crippen LogP contribution >= 0.6 is 0 Å². The highest BCUT2D eigenvalue weighted by Crippen LogP contribution is 2.45. The Morgan fingerprint density at radius 3 is 2.35 bits per heavy atom. The number of fused-ring (bicyclic) bond motifs is 3. The maximum Gasteiger partial charge on any atom is 0.355 e. The molecule has 0 amide bonds. The second-order valence-corrected chi connectivity index (χ2v) is 7.49. The molecule has 0 spiro atoms. The van der Waals surface area contributed by atoms with Crippen molar-refractivity contribution in [2.24, 2.45) is 0 Å². The standard InChI is InChI=1S/C27H23NO3/c1-2-30-27(29)26-24(20-13-7-4-8-14-20)22-18-31-23-16-10-9-15-21(23)25(22)28(26)17-19-11-5-3-6-12-19/h3-16H,2,17-18H2,1H3. The molecule has 3 aromatic carbocycles. The summed E-state index contributed by atoms with van der Waals surface area (Å²) in [7, 11) is 0. The summed E-state index contributed by atoms with van der Waals surface area (Å²) in [5.41, 5.74) is 6.59. The quantitative estimate of drug-likeness (QED) is 0.383. The summed E-state index contributed by atoms with van der Waals surface area (Å²) in [6.07, 6.45) is 0. The largest absolute Gasteiger partial charge is 0.488 e. The molecule has 0 fully saturated rings. The molecule has 0 bridgehead atoms. The Balaban J connectivity index is 1.83. The van der Waals surface area contributed by atoms with Crippen LogP contribution in [0.25, 0.3) is 22.4 Å². The highest BCUT2D eigenvalue weighted by molar-refractivity contribution is 6.00. The van der Waals surface area contributed by atoms with Crippen LogP contribution in [0.15, 0.2) is 84.9 Å². The fourth-order valence-electron chi connectivity index (χ4n) is 4.31. The van der Waals surface area contributed by atoms with Gasteiger partial charge in [-0.1, -0.05) is 72.8 Å². The van der Waals surface area contributed by atoms with E-state index >= 15 is 0 Å². The van der Waals surface area contributed by atoms with Gasteiger partial charge in [-0.25, -0.2) is 4.79 Å². The zero-order chi connectivity index (χ0) is 21.2. The number of para-hydroxylation sites is 1. The molecule has 0 radical (unpaired) electrons. The fourth-order valence-corrected chi connectivity index (χ4v) is 4.31. The van der Waals surface area contributed by atoms with Crippen molar-refractivity contribution in [3.05, 3.63) is 102 Å². The van der Waals surface area contributed by atoms with E-state index in [1.165, 1.54) is 0 Å². The van der Waals surface area contributed by atoms with Crippen molar-refractivity contribution in [2.45, 2.75) is 20.1 Å². The highest BCUT2D eigenvalue weighted by Gasteiger charge is 2.33. The van der Waals surface area contributed by atoms with E-state index in [9.17, 15) is 4.79 Å². The molecule has 0 N–H and O–H groups in total. The monoisotopic (exact) mass is 409 g/mol. The summed E-state index contributed by atoms with van der Waals surface area (Å²) >= 11 is 0. The number of hydrogen-bond acceptors (Lipinski definition) is 3. The number of nitrogens with zero attached hydrogens (tertiary/aromatic N) is 1. The molecular formula is C27H23NO3. The lowest BCUT2D eigenvalue weighted by molar-refractivity contribution is 0.0515. The summed E-state index contributed by atoms with van der Waals surface area (Å²) in [5.74, 6) is 0.515. The van der Waals surface area contributed by atoms with Gasteiger partial charge in [0.25, 0.3) is 0 Å². The van der Waals surface area contributed by atoms with Crippen LogP contribution in [0.5, 0.6) is 5.75 Å². The molecule has 0 aliphatic carbocycles. The summed E-state index contributed by atoms with van der Waals surface area (Å²) < 4.78 is 13.7. The van der Waals surface area contributed by atoms with Crippen molar-refractivity contribution in [2.75, 3.05) is 6.61 Å². The number of aromatic nitrogens is 1. The van der Waals surface area contributed by atoms with Crippen LogP contribution in [0.2, 0.25) is 0 Å². The van der Waals surface area contributed by atoms with Crippen molar-refractivity contribution in [1.29, 1.82) is 0 Å². The first kappa shape index (κ1) is 19.2. The van der Waals surface area contributed by atoms with E-state index in [0.717, 1.165) is 39.3 Å². The van der Waals surface area contributed by atoms with Gasteiger partial charge in [0.1, 0.15) is 18.1 Å². The first-order valence-corrected chi connectivity index (χ1v) is 10.5. The molecule has 2 heterocycles. The van der Waals surface area contributed by atoms with Gasteiger partial charge >= 0.3 is 5.97 Å². The van der Waals surface area contributed by atoms with E-state index in [1.54, 1.807) is 0 Å². The third-order valence-corrected chi connectivity index (χ3v) is 5.59. The van der Waals surface area contributed by atoms with Gasteiger partial charge in [-0.3, -0.25) is 0 Å². The number of carbonyl (C=O) groups excluding carboxylic acids is 1. The zero-order valence-electron chi connectivity index (χ0n) is 17.4. The van der Waals surface area contributed by atoms with E-state index in [1.807, 2.05) is 73.7 Å². The Bertz CT molecular complexity index is 1230. The summed E-state index contributed by atoms with van der Waals surface area (Å²) in [5, 5.41) is 0. The Hall–Kier alpha value is -3.79. The van der Waals surface area contributed by atoms with Crippen LogP contribution < -0.4 is 4.74 Å². The average Bonchev–Trinajstić information content (AvgIpc) is 3.15. The number of hydrogen-bond donors (Lipinski definition) is 0. The Labute approximate surface area is 181 Å². The van der Waals surface area contributed by atoms with E-state index in [4.69, 9.17) is 9.47 Å². The van der Waals surface area contributed by atoms with Gasteiger partial charge in [0, 0.05) is 23.2 Å². The first-order chi connectivity index (χ1) is 15.3. The van der Waals surface area contributed by atoms with E-state index in [2.05, 4.69) is 22.8 Å². The first-order valence-electron chi connectivity index (χ1n) is 10.5. The minimum atomic E-state index is -0.316. The average molecular weight is 409 g/mol. The molecule has 0 unspecified atom stereocenters. The summed E-state index contributed by atoms with van der Waals surface area (Å²) in [4.78, 5) is 13.3. The second kappa shape index (κ2) is 8.15. The molecule has 4 heteroatoms. The Morgan fingerprint density at radius 2 is 1.61 bits per heavy atom. The van der Waals surface area contributed by atoms with Crippen LogP contribution in [0, 0.1) is 0 Å². The Morgan fingerprint density at radius 1 is 0.935 bits per heavy atom. The summed E-state index contributed by atoms with van der Waals surface area (Å²) in [6, 6.07) is 28.2. The van der Waals surface area contributed by atoms with Crippen LogP contribution in [-0.4, -0.2) is 17.1 Å². The van der Waals surface area contributed by atoms with Crippen molar-refractivity contribution in [3.8, 4) is 28.1 Å². The number of ether oxygens (including phenoxy) is 2. The third-order valence-electron chi connectivity index (χ3n) is 5.59. The minimum Gasteiger partial charge on any atom is -0.488 e. The molecule has 154 valence electrons. The lowest BCUT2D eigenvalue weighted by Gasteiger charge is -2.21. The number of rotatable bonds is 5. The predicted octanol–water partition coefficient (Wildman–Crippen LogP) is 5.94. The van der Waals surface area contributed by atoms with E-state index < -0.39 is 0 Å². The van der Waals surface area contributed by atoms with Crippen molar-refractivity contribution >= 4 is 5.97 Å². The predicted molar refractivity (Wildman–Crippen MR) is 121 cm³/mol.